The van der Waals surface area contributed by atoms with E-state index in [1.54, 1.807) is 20.0 Å². The first-order valence-corrected chi connectivity index (χ1v) is 11.4. The molecule has 2 N–H and O–H groups in total. The van der Waals surface area contributed by atoms with E-state index in [-0.39, 0.29) is 32.3 Å². The first-order valence-electron chi connectivity index (χ1n) is 11.4. The number of aryl methyl sites for hydroxylation is 2. The van der Waals surface area contributed by atoms with E-state index in [0.29, 0.717) is 6.42 Å². The number of rotatable bonds is 6. The van der Waals surface area contributed by atoms with Gasteiger partial charge in [-0.3, -0.25) is 4.98 Å². The van der Waals surface area contributed by atoms with E-state index >= 15 is 0 Å². The van der Waals surface area contributed by atoms with E-state index < -0.39 is 0 Å². The van der Waals surface area contributed by atoms with Gasteiger partial charge < -0.3 is 20.1 Å². The predicted molar refractivity (Wildman–Crippen MR) is 138 cm³/mol. The van der Waals surface area contributed by atoms with Crippen LogP contribution in [0.4, 0.5) is 17.1 Å². The number of para-hydroxylation sites is 2. The number of hydrogen-bond donors (Lipinski definition) is 2. The fourth-order valence-corrected chi connectivity index (χ4v) is 3.69. The van der Waals surface area contributed by atoms with Crippen molar-refractivity contribution in [1.82, 2.24) is 9.97 Å². The number of aliphatic hydroxyl groups excluding tert-OH is 2. The Balaban J connectivity index is 0.000000476. The van der Waals surface area contributed by atoms with Gasteiger partial charge in [-0.05, 0) is 64.1 Å². The van der Waals surface area contributed by atoms with Crippen LogP contribution in [0.25, 0.3) is 11.3 Å². The van der Waals surface area contributed by atoms with Crippen LogP contribution in [0.5, 0.6) is 0 Å². The topological polar surface area (TPSA) is 69.5 Å². The zero-order valence-corrected chi connectivity index (χ0v) is 22.9. The summed E-state index contributed by atoms with van der Waals surface area (Å²) in [7, 11) is 0. The third-order valence-corrected chi connectivity index (χ3v) is 5.08. The molecule has 4 aromatic rings. The maximum absolute atomic E-state index is 8.56. The molecular formula is C29H32IrN3O2-. The molecule has 0 amide bonds. The minimum atomic E-state index is -0.375. The van der Waals surface area contributed by atoms with Gasteiger partial charge in [0.25, 0.3) is 0 Å². The molecule has 0 fully saturated rings. The van der Waals surface area contributed by atoms with Gasteiger partial charge in [0.15, 0.2) is 0 Å². The fourth-order valence-electron chi connectivity index (χ4n) is 3.69. The van der Waals surface area contributed by atoms with E-state index in [1.807, 2.05) is 32.0 Å². The first kappa shape index (κ1) is 28.3. The van der Waals surface area contributed by atoms with Crippen molar-refractivity contribution >= 4 is 17.1 Å². The Morgan fingerprint density at radius 3 is 1.83 bits per heavy atom. The van der Waals surface area contributed by atoms with Gasteiger partial charge >= 0.3 is 0 Å². The number of hydrogen-bond acceptors (Lipinski definition) is 5. The van der Waals surface area contributed by atoms with Crippen LogP contribution in [0.15, 0.2) is 85.1 Å². The molecule has 0 spiro atoms. The molecule has 1 radical (unpaired) electrons. The second-order valence-corrected chi connectivity index (χ2v) is 8.35. The molecule has 0 aliphatic heterocycles. The second-order valence-electron chi connectivity index (χ2n) is 8.35. The van der Waals surface area contributed by atoms with Gasteiger partial charge in [-0.1, -0.05) is 36.4 Å². The molecule has 1 aromatic heterocycles. The minimum Gasteiger partial charge on any atom is -0.393 e. The van der Waals surface area contributed by atoms with Gasteiger partial charge in [-0.15, -0.1) is 29.8 Å². The number of nitrogens with zero attached hydrogens (tertiary/aromatic N) is 3. The van der Waals surface area contributed by atoms with Crippen LogP contribution in [-0.2, 0) is 20.1 Å². The summed E-state index contributed by atoms with van der Waals surface area (Å²) in [5, 5.41) is 17.1. The van der Waals surface area contributed by atoms with Crippen LogP contribution in [-0.4, -0.2) is 32.4 Å². The smallest absolute Gasteiger partial charge is 0.0539 e. The summed E-state index contributed by atoms with van der Waals surface area (Å²) in [5.74, 6) is 0. The fraction of sp³-hybridized carbons (Fsp3) is 0.241. The molecule has 0 aliphatic rings. The van der Waals surface area contributed by atoms with Crippen molar-refractivity contribution in [3.8, 4) is 11.3 Å². The Hall–Kier alpha value is -2.89. The number of anilines is 3. The summed E-state index contributed by atoms with van der Waals surface area (Å²) < 4.78 is 0. The molecule has 0 saturated heterocycles. The molecule has 0 aliphatic carbocycles. The van der Waals surface area contributed by atoms with Gasteiger partial charge in [0.2, 0.25) is 0 Å². The summed E-state index contributed by atoms with van der Waals surface area (Å²) in [4.78, 5) is 11.4. The van der Waals surface area contributed by atoms with E-state index in [0.717, 1.165) is 39.7 Å². The predicted octanol–water partition coefficient (Wildman–Crippen LogP) is 6.17. The summed E-state index contributed by atoms with van der Waals surface area (Å²) in [5.41, 5.74) is 6.90. The Kier molecular flexibility index (Phi) is 11.2. The molecule has 6 heteroatoms. The molecule has 3 aromatic carbocycles. The van der Waals surface area contributed by atoms with E-state index in [4.69, 9.17) is 10.2 Å². The molecule has 5 nitrogen and oxygen atoms in total. The average molecular weight is 647 g/mol. The van der Waals surface area contributed by atoms with E-state index in [2.05, 4.69) is 81.6 Å². The largest absolute Gasteiger partial charge is 0.393 e. The van der Waals surface area contributed by atoms with E-state index in [9.17, 15) is 0 Å². The van der Waals surface area contributed by atoms with Crippen LogP contribution in [0, 0.1) is 19.9 Å². The SMILES string of the molecule is CC(O)CC(C)O.Cc1cnc(-c2[c-]ccc(N(c3ccccc3)c3ccccc3)c2)c(C)n1.[Ir]. The Bertz CT molecular complexity index is 1120. The Labute approximate surface area is 221 Å². The summed E-state index contributed by atoms with van der Waals surface area (Å²) in [6, 6.07) is 30.2. The monoisotopic (exact) mass is 647 g/mol. The van der Waals surface area contributed by atoms with Gasteiger partial charge in [-0.2, -0.15) is 0 Å². The molecule has 0 bridgehead atoms. The van der Waals surface area contributed by atoms with Crippen LogP contribution in [0.3, 0.4) is 0 Å². The molecule has 1 heterocycles. The second kappa shape index (κ2) is 13.9. The van der Waals surface area contributed by atoms with Crippen molar-refractivity contribution in [3.63, 3.8) is 0 Å². The zero-order chi connectivity index (χ0) is 24.5. The van der Waals surface area contributed by atoms with Crippen molar-refractivity contribution in [1.29, 1.82) is 0 Å². The number of benzene rings is 3. The summed E-state index contributed by atoms with van der Waals surface area (Å²) in [6.45, 7) is 7.26. The van der Waals surface area contributed by atoms with Crippen molar-refractivity contribution in [2.24, 2.45) is 0 Å². The third kappa shape index (κ3) is 8.37. The van der Waals surface area contributed by atoms with Gasteiger partial charge in [0, 0.05) is 49.1 Å². The number of aliphatic hydroxyl groups is 2. The minimum absolute atomic E-state index is 0. The van der Waals surface area contributed by atoms with Gasteiger partial charge in [-0.25, -0.2) is 0 Å². The molecule has 4 rings (SSSR count). The van der Waals surface area contributed by atoms with Gasteiger partial charge in [0.05, 0.1) is 17.9 Å². The molecule has 2 atom stereocenters. The maximum atomic E-state index is 8.56. The first-order chi connectivity index (χ1) is 16.3. The van der Waals surface area contributed by atoms with Crippen molar-refractivity contribution < 1.29 is 30.3 Å². The van der Waals surface area contributed by atoms with E-state index in [1.165, 1.54) is 0 Å². The van der Waals surface area contributed by atoms with Crippen molar-refractivity contribution in [2.75, 3.05) is 4.90 Å². The van der Waals surface area contributed by atoms with Crippen LogP contribution in [0.1, 0.15) is 31.7 Å². The van der Waals surface area contributed by atoms with Crippen LogP contribution in [0.2, 0.25) is 0 Å². The normalized spacial score (nSPS) is 11.9. The average Bonchev–Trinajstić information content (AvgIpc) is 2.80. The summed E-state index contributed by atoms with van der Waals surface area (Å²) in [6.07, 6.45) is 1.52. The molecule has 0 saturated carbocycles. The zero-order valence-electron chi connectivity index (χ0n) is 20.5. The van der Waals surface area contributed by atoms with Crippen LogP contribution < -0.4 is 4.90 Å². The van der Waals surface area contributed by atoms with Crippen LogP contribution >= 0.6 is 0 Å². The third-order valence-electron chi connectivity index (χ3n) is 5.08. The Morgan fingerprint density at radius 1 is 0.829 bits per heavy atom. The summed E-state index contributed by atoms with van der Waals surface area (Å²) >= 11 is 0. The maximum Gasteiger partial charge on any atom is 0.0539 e. The van der Waals surface area contributed by atoms with Gasteiger partial charge in [0.1, 0.15) is 0 Å². The molecule has 35 heavy (non-hydrogen) atoms. The number of aromatic nitrogens is 2. The Morgan fingerprint density at radius 2 is 1.37 bits per heavy atom. The molecule has 2 unspecified atom stereocenters. The molecule has 185 valence electrons. The van der Waals surface area contributed by atoms with Crippen molar-refractivity contribution in [2.45, 2.75) is 46.3 Å². The standard InChI is InChI=1S/C24H20N3.C5H12O2.Ir/c1-18-17-25-24(19(2)26-18)20-10-9-15-23(16-20)27(21-11-5-3-6-12-21)22-13-7-4-8-14-22;1-4(6)3-5(2)7;/h3-9,11-17H,1-2H3;4-7H,3H2,1-2H3;/q-1;;. The van der Waals surface area contributed by atoms with Crippen molar-refractivity contribution in [3.05, 3.63) is 103 Å². The quantitative estimate of drug-likeness (QED) is 0.246. The molecular weight excluding hydrogens is 615 g/mol.